The van der Waals surface area contributed by atoms with Crippen molar-refractivity contribution in [3.63, 3.8) is 0 Å². The Bertz CT molecular complexity index is 270. The fourth-order valence-corrected chi connectivity index (χ4v) is 0.995. The maximum atomic E-state index is 10.4. The van der Waals surface area contributed by atoms with Crippen LogP contribution in [0, 0.1) is 0 Å². The first kappa shape index (κ1) is 6.97. The molecule has 0 aromatic heterocycles. The Balaban J connectivity index is 4.94. The van der Waals surface area contributed by atoms with Crippen LogP contribution < -0.4 is 0 Å². The van der Waals surface area contributed by atoms with Crippen LogP contribution in [-0.2, 0) is 20.8 Å². The maximum Gasteiger partial charge on any atom is 0.223 e. The van der Waals surface area contributed by atoms with Crippen molar-refractivity contribution in [2.24, 2.45) is 0 Å². The van der Waals surface area contributed by atoms with Gasteiger partial charge in [-0.2, -0.15) is 0 Å². The van der Waals surface area contributed by atoms with Gasteiger partial charge < -0.3 is 0 Å². The van der Waals surface area contributed by atoms with Crippen LogP contribution in [0.1, 0.15) is 0 Å². The smallest absolute Gasteiger partial charge is 0.214 e. The zero-order valence-electron chi connectivity index (χ0n) is 5.90. The average molecular weight is 174 g/mol. The van der Waals surface area contributed by atoms with Gasteiger partial charge >= 0.3 is 0 Å². The first-order chi connectivity index (χ1) is 4.15. The first-order valence-corrected chi connectivity index (χ1v) is 4.77. The van der Waals surface area contributed by atoms with Gasteiger partial charge in [0.25, 0.3) is 0 Å². The molecule has 0 amide bonds. The highest BCUT2D eigenvalue weighted by Gasteiger charge is 2.11. The van der Waals surface area contributed by atoms with E-state index >= 15 is 0 Å². The minimum absolute atomic E-state index is 0.0139. The molecule has 0 aromatic rings. The Hall–Kier alpha value is -0.140. The van der Waals surface area contributed by atoms with Crippen LogP contribution in [-0.4, -0.2) is 35.0 Å². The second-order valence-corrected chi connectivity index (χ2v) is 4.62. The number of rotatable bonds is 2. The molecule has 5 nitrogen and oxygen atoms in total. The summed E-state index contributed by atoms with van der Waals surface area (Å²) in [6.07, 6.45) is 0.707. The van der Waals surface area contributed by atoms with E-state index in [1.807, 2.05) is 0 Å². The second-order valence-electron chi connectivity index (χ2n) is 1.39. The van der Waals surface area contributed by atoms with E-state index in [4.69, 9.17) is 1.12 Å². The van der Waals surface area contributed by atoms with Crippen LogP contribution >= 0.6 is 0 Å². The summed E-state index contributed by atoms with van der Waals surface area (Å²) in [5.41, 5.74) is 0. The standard InChI is InChI=1S/C2H7NO4S2/c1-3(8(4)5)9(2,6)7/h8H,1-2H3/i8D. The highest BCUT2D eigenvalue weighted by atomic mass is 32.3. The second kappa shape index (κ2) is 2.63. The van der Waals surface area contributed by atoms with Crippen molar-refractivity contribution in [3.05, 3.63) is 0 Å². The van der Waals surface area contributed by atoms with E-state index in [0.717, 1.165) is 7.05 Å². The van der Waals surface area contributed by atoms with Crippen molar-refractivity contribution in [1.29, 1.82) is 1.12 Å². The zero-order chi connectivity index (χ0) is 8.58. The van der Waals surface area contributed by atoms with Gasteiger partial charge in [0.05, 0.1) is 6.26 Å². The number of nitrogens with zero attached hydrogens (tertiary/aromatic N) is 1. The Morgan fingerprint density at radius 1 is 1.56 bits per heavy atom. The van der Waals surface area contributed by atoms with Crippen LogP contribution in [0.2, 0.25) is 0 Å². The molecule has 0 aliphatic rings. The lowest BCUT2D eigenvalue weighted by Crippen LogP contribution is -2.23. The van der Waals surface area contributed by atoms with E-state index in [1.54, 1.807) is 0 Å². The van der Waals surface area contributed by atoms with E-state index in [2.05, 4.69) is 0 Å². The van der Waals surface area contributed by atoms with Gasteiger partial charge in [-0.05, 0) is 0 Å². The van der Waals surface area contributed by atoms with Crippen molar-refractivity contribution in [1.82, 2.24) is 3.71 Å². The van der Waals surface area contributed by atoms with Crippen molar-refractivity contribution < 1.29 is 16.8 Å². The third kappa shape index (κ3) is 2.78. The Morgan fingerprint density at radius 2 is 1.89 bits per heavy atom. The molecule has 0 saturated carbocycles. The van der Waals surface area contributed by atoms with Gasteiger partial charge in [0, 0.05) is 7.05 Å². The summed E-state index contributed by atoms with van der Waals surface area (Å²) < 4.78 is 47.5. The van der Waals surface area contributed by atoms with Crippen LogP contribution in [0.25, 0.3) is 0 Å². The molecule has 0 spiro atoms. The highest BCUT2D eigenvalue weighted by molar-refractivity contribution is 7.96. The van der Waals surface area contributed by atoms with Gasteiger partial charge in [-0.1, -0.05) is 0 Å². The third-order valence-corrected chi connectivity index (χ3v) is 3.21. The summed E-state index contributed by atoms with van der Waals surface area (Å²) in [6.45, 7) is 0. The summed E-state index contributed by atoms with van der Waals surface area (Å²) in [6, 6.07) is 0. The predicted octanol–water partition coefficient (Wildman–Crippen LogP) is -1.60. The molecule has 0 saturated heterocycles. The van der Waals surface area contributed by atoms with Gasteiger partial charge in [0.1, 0.15) is 0 Å². The highest BCUT2D eigenvalue weighted by Crippen LogP contribution is 1.89. The van der Waals surface area contributed by atoms with Gasteiger partial charge in [0.15, 0.2) is 1.12 Å². The van der Waals surface area contributed by atoms with E-state index in [-0.39, 0.29) is 3.71 Å². The molecule has 0 atom stereocenters. The molecule has 0 radical (unpaired) electrons. The molecule has 9 heavy (non-hydrogen) atoms. The number of sulfonamides is 1. The zero-order valence-corrected chi connectivity index (χ0v) is 6.53. The summed E-state index contributed by atoms with van der Waals surface area (Å²) in [4.78, 5) is 0. The van der Waals surface area contributed by atoms with E-state index in [9.17, 15) is 16.8 Å². The third-order valence-electron chi connectivity index (χ3n) is 0.677. The predicted molar refractivity (Wildman–Crippen MR) is 32.9 cm³/mol. The Labute approximate surface area is 56.5 Å². The number of hydrogen-bond donors (Lipinski definition) is 1. The lowest BCUT2D eigenvalue weighted by Gasteiger charge is -2.02. The summed E-state index contributed by atoms with van der Waals surface area (Å²) in [5, 5.41) is 0. The first-order valence-electron chi connectivity index (χ1n) is 2.30. The molecule has 0 aromatic carbocycles. The summed E-state index contributed by atoms with van der Waals surface area (Å²) in [7, 11) is -7.36. The van der Waals surface area contributed by atoms with E-state index < -0.39 is 20.8 Å². The van der Waals surface area contributed by atoms with Gasteiger partial charge in [-0.3, -0.25) is 0 Å². The topological polar surface area (TPSA) is 71.5 Å². The van der Waals surface area contributed by atoms with Gasteiger partial charge in [0.2, 0.25) is 20.8 Å². The van der Waals surface area contributed by atoms with Crippen molar-refractivity contribution >= 4 is 20.8 Å². The minimum Gasteiger partial charge on any atom is -0.214 e. The molecule has 7 heteroatoms. The largest absolute Gasteiger partial charge is 0.223 e. The monoisotopic (exact) mass is 174 g/mol. The molecular weight excluding hydrogens is 166 g/mol. The Kier molecular flexibility index (Phi) is 2.04. The molecule has 56 valence electrons. The fraction of sp³-hybridized carbons (Fsp3) is 1.00. The number of hydrogen-bond acceptors (Lipinski definition) is 4. The summed E-state index contributed by atoms with van der Waals surface area (Å²) >= 11 is 0. The van der Waals surface area contributed by atoms with Gasteiger partial charge in [-0.15, -0.1) is 3.71 Å². The van der Waals surface area contributed by atoms with Crippen molar-refractivity contribution in [2.45, 2.75) is 0 Å². The normalized spacial score (nSPS) is 15.7. The van der Waals surface area contributed by atoms with Crippen LogP contribution in [0.3, 0.4) is 0 Å². The molecule has 0 bridgehead atoms. The molecule has 0 unspecified atom stereocenters. The quantitative estimate of drug-likeness (QED) is 0.512. The fourth-order valence-electron chi connectivity index (χ4n) is 0.111. The number of thiol groups is 1. The SMILES string of the molecule is [2H]S(=O)(=O)N(C)S(C)(=O)=O. The molecule has 0 heterocycles. The Morgan fingerprint density at radius 3 is 1.89 bits per heavy atom. The van der Waals surface area contributed by atoms with E-state index in [0.29, 0.717) is 6.26 Å². The molecule has 0 aliphatic heterocycles. The van der Waals surface area contributed by atoms with Crippen molar-refractivity contribution in [2.75, 3.05) is 13.3 Å². The lowest BCUT2D eigenvalue weighted by atomic mass is 11.6. The maximum absolute atomic E-state index is 10.4. The molecule has 0 fully saturated rings. The molecule has 0 N–H and O–H groups in total. The van der Waals surface area contributed by atoms with Crippen LogP contribution in [0.15, 0.2) is 0 Å². The molecular formula is C2H7NO4S2. The van der Waals surface area contributed by atoms with Crippen molar-refractivity contribution in [3.8, 4) is 0 Å². The summed E-state index contributed by atoms with van der Waals surface area (Å²) in [5.74, 6) is 0. The average Bonchev–Trinajstić information content (AvgIpc) is 1.59. The molecule has 0 aliphatic carbocycles. The lowest BCUT2D eigenvalue weighted by molar-refractivity contribution is 0.543. The van der Waals surface area contributed by atoms with E-state index in [1.165, 1.54) is 0 Å². The minimum atomic E-state index is -4.37. The van der Waals surface area contributed by atoms with Gasteiger partial charge in [-0.25, -0.2) is 16.8 Å². The molecule has 0 rings (SSSR count). The van der Waals surface area contributed by atoms with Crippen LogP contribution in [0.5, 0.6) is 0 Å². The van der Waals surface area contributed by atoms with Crippen LogP contribution in [0.4, 0.5) is 0 Å².